The van der Waals surface area contributed by atoms with Crippen LogP contribution in [0.4, 0.5) is 0 Å². The maximum Gasteiger partial charge on any atom is 0.289 e. The number of hydrogen-bond donors (Lipinski definition) is 0. The fourth-order valence-corrected chi connectivity index (χ4v) is 5.34. The molecule has 0 aromatic carbocycles. The number of sulfonamides is 1. The number of furan rings is 1. The zero-order valence-electron chi connectivity index (χ0n) is 17.2. The molecule has 1 atom stereocenters. The highest BCUT2D eigenvalue weighted by Crippen LogP contribution is 2.27. The fraction of sp³-hybridized carbons (Fsp3) is 0.750. The molecular weight excluding hydrogens is 364 g/mol. The number of carbonyl (C=O) groups excluding carboxylic acids is 1. The molecule has 1 aliphatic rings. The molecule has 2 rings (SSSR count). The second kappa shape index (κ2) is 9.73. The molecule has 2 heterocycles. The molecule has 1 fully saturated rings. The van der Waals surface area contributed by atoms with Gasteiger partial charge in [0.25, 0.3) is 5.91 Å². The van der Waals surface area contributed by atoms with Crippen molar-refractivity contribution < 1.29 is 17.6 Å². The van der Waals surface area contributed by atoms with Gasteiger partial charge >= 0.3 is 0 Å². The Kier molecular flexibility index (Phi) is 7.91. The highest BCUT2D eigenvalue weighted by Gasteiger charge is 2.33. The van der Waals surface area contributed by atoms with Crippen molar-refractivity contribution in [2.45, 2.75) is 83.6 Å². The summed E-state index contributed by atoms with van der Waals surface area (Å²) in [6.07, 6.45) is 6.75. The predicted molar refractivity (Wildman–Crippen MR) is 106 cm³/mol. The number of amides is 1. The minimum absolute atomic E-state index is 0.100. The highest BCUT2D eigenvalue weighted by atomic mass is 32.2. The van der Waals surface area contributed by atoms with Crippen molar-refractivity contribution in [3.05, 3.63) is 17.6 Å². The van der Waals surface area contributed by atoms with E-state index >= 15 is 0 Å². The van der Waals surface area contributed by atoms with Gasteiger partial charge in [0.05, 0.1) is 0 Å². The van der Waals surface area contributed by atoms with Gasteiger partial charge in [0.15, 0.2) is 5.76 Å². The molecule has 0 aliphatic carbocycles. The average molecular weight is 399 g/mol. The number of aryl methyl sites for hydroxylation is 1. The van der Waals surface area contributed by atoms with Crippen LogP contribution in [0.15, 0.2) is 15.4 Å². The molecule has 0 bridgehead atoms. The molecule has 6 nitrogen and oxygen atoms in total. The van der Waals surface area contributed by atoms with Gasteiger partial charge in [0.1, 0.15) is 10.7 Å². The summed E-state index contributed by atoms with van der Waals surface area (Å²) in [6, 6.07) is 1.53. The molecule has 1 unspecified atom stereocenters. The number of unbranched alkanes of at least 4 members (excludes halogenated alkanes) is 2. The third kappa shape index (κ3) is 5.13. The third-order valence-electron chi connectivity index (χ3n) is 5.27. The monoisotopic (exact) mass is 398 g/mol. The number of nitrogens with zero attached hydrogens (tertiary/aromatic N) is 2. The van der Waals surface area contributed by atoms with E-state index in [2.05, 4.69) is 13.8 Å². The van der Waals surface area contributed by atoms with E-state index in [1.165, 1.54) is 10.4 Å². The summed E-state index contributed by atoms with van der Waals surface area (Å²) in [4.78, 5) is 15.1. The quantitative estimate of drug-likeness (QED) is 0.554. The first-order valence-corrected chi connectivity index (χ1v) is 11.7. The lowest BCUT2D eigenvalue weighted by atomic mass is 10.1. The van der Waals surface area contributed by atoms with Gasteiger partial charge in [-0.2, -0.15) is 4.31 Å². The normalized spacial score (nSPS) is 16.6. The summed E-state index contributed by atoms with van der Waals surface area (Å²) in [6.45, 7) is 9.64. The zero-order valence-corrected chi connectivity index (χ0v) is 18.0. The van der Waals surface area contributed by atoms with E-state index in [1.54, 1.807) is 6.92 Å². The number of hydrogen-bond acceptors (Lipinski definition) is 4. The van der Waals surface area contributed by atoms with E-state index in [9.17, 15) is 13.2 Å². The van der Waals surface area contributed by atoms with Crippen LogP contribution >= 0.6 is 0 Å². The molecule has 1 amide bonds. The van der Waals surface area contributed by atoms with Crippen molar-refractivity contribution in [3.8, 4) is 0 Å². The van der Waals surface area contributed by atoms with Crippen LogP contribution in [0.5, 0.6) is 0 Å². The number of rotatable bonds is 10. The van der Waals surface area contributed by atoms with E-state index < -0.39 is 10.0 Å². The van der Waals surface area contributed by atoms with Crippen molar-refractivity contribution in [1.29, 1.82) is 0 Å². The number of carbonyl (C=O) groups is 1. The summed E-state index contributed by atoms with van der Waals surface area (Å²) >= 11 is 0. The standard InChI is InChI=1S/C20H34N2O4S/c1-5-7-8-14-22(16(3)11-6-2)20(23)18-15-19(17(4)26-18)27(24,25)21-12-9-10-13-21/h15-16H,5-14H2,1-4H3. The van der Waals surface area contributed by atoms with Gasteiger partial charge in [0, 0.05) is 31.7 Å². The lowest BCUT2D eigenvalue weighted by Gasteiger charge is -2.28. The van der Waals surface area contributed by atoms with Crippen LogP contribution in [0.2, 0.25) is 0 Å². The van der Waals surface area contributed by atoms with Gasteiger partial charge < -0.3 is 9.32 Å². The molecule has 1 aromatic heterocycles. The summed E-state index contributed by atoms with van der Waals surface area (Å²) < 4.78 is 32.8. The van der Waals surface area contributed by atoms with Gasteiger partial charge in [-0.25, -0.2) is 8.42 Å². The topological polar surface area (TPSA) is 70.8 Å². The van der Waals surface area contributed by atoms with Crippen molar-refractivity contribution in [3.63, 3.8) is 0 Å². The van der Waals surface area contributed by atoms with Crippen LogP contribution in [0, 0.1) is 6.92 Å². The van der Waals surface area contributed by atoms with Gasteiger partial charge in [-0.05, 0) is 39.5 Å². The molecule has 7 heteroatoms. The molecule has 0 N–H and O–H groups in total. The van der Waals surface area contributed by atoms with Gasteiger partial charge in [-0.15, -0.1) is 0 Å². The average Bonchev–Trinajstić information content (AvgIpc) is 3.28. The Bertz CT molecular complexity index is 720. The first kappa shape index (κ1) is 22.0. The van der Waals surface area contributed by atoms with E-state index in [0.29, 0.717) is 25.4 Å². The lowest BCUT2D eigenvalue weighted by Crippen LogP contribution is -2.39. The molecule has 1 aliphatic heterocycles. The summed E-state index contributed by atoms with van der Waals surface area (Å²) in [5.74, 6) is 0.213. The van der Waals surface area contributed by atoms with Crippen LogP contribution in [0.1, 0.15) is 82.0 Å². The summed E-state index contributed by atoms with van der Waals surface area (Å²) in [7, 11) is -3.59. The minimum atomic E-state index is -3.59. The third-order valence-corrected chi connectivity index (χ3v) is 7.27. The zero-order chi connectivity index (χ0) is 20.0. The Hall–Kier alpha value is -1.34. The lowest BCUT2D eigenvalue weighted by molar-refractivity contribution is 0.0645. The Morgan fingerprint density at radius 1 is 1.22 bits per heavy atom. The van der Waals surface area contributed by atoms with E-state index in [0.717, 1.165) is 44.9 Å². The molecule has 27 heavy (non-hydrogen) atoms. The largest absolute Gasteiger partial charge is 0.455 e. The van der Waals surface area contributed by atoms with Crippen molar-refractivity contribution in [2.24, 2.45) is 0 Å². The van der Waals surface area contributed by atoms with Crippen molar-refractivity contribution in [1.82, 2.24) is 9.21 Å². The second-order valence-electron chi connectivity index (χ2n) is 7.49. The highest BCUT2D eigenvalue weighted by molar-refractivity contribution is 7.89. The van der Waals surface area contributed by atoms with Crippen LogP contribution in [-0.4, -0.2) is 49.2 Å². The predicted octanol–water partition coefficient (Wildman–Crippen LogP) is 4.19. The molecule has 154 valence electrons. The SMILES string of the molecule is CCCCCN(C(=O)c1cc(S(=O)(=O)N2CCCC2)c(C)o1)C(C)CCC. The minimum Gasteiger partial charge on any atom is -0.455 e. The van der Waals surface area contributed by atoms with E-state index in [1.807, 2.05) is 11.8 Å². The fourth-order valence-electron chi connectivity index (χ4n) is 3.66. The van der Waals surface area contributed by atoms with Crippen LogP contribution in [0.25, 0.3) is 0 Å². The molecule has 0 spiro atoms. The summed E-state index contributed by atoms with van der Waals surface area (Å²) in [5.41, 5.74) is 0. The van der Waals surface area contributed by atoms with E-state index in [-0.39, 0.29) is 22.6 Å². The van der Waals surface area contributed by atoms with Crippen LogP contribution < -0.4 is 0 Å². The maximum atomic E-state index is 13.1. The molecule has 1 saturated heterocycles. The molecule has 0 radical (unpaired) electrons. The smallest absolute Gasteiger partial charge is 0.289 e. The van der Waals surface area contributed by atoms with Crippen molar-refractivity contribution >= 4 is 15.9 Å². The first-order chi connectivity index (χ1) is 12.8. The van der Waals surface area contributed by atoms with Crippen LogP contribution in [0.3, 0.4) is 0 Å². The van der Waals surface area contributed by atoms with Crippen molar-refractivity contribution in [2.75, 3.05) is 19.6 Å². The van der Waals surface area contributed by atoms with E-state index in [4.69, 9.17) is 4.42 Å². The Morgan fingerprint density at radius 3 is 2.48 bits per heavy atom. The van der Waals surface area contributed by atoms with Crippen LogP contribution in [-0.2, 0) is 10.0 Å². The molecular formula is C20H34N2O4S. The first-order valence-electron chi connectivity index (χ1n) is 10.2. The Morgan fingerprint density at radius 2 is 1.89 bits per heavy atom. The van der Waals surface area contributed by atoms with Gasteiger partial charge in [0.2, 0.25) is 10.0 Å². The van der Waals surface area contributed by atoms with Gasteiger partial charge in [-0.1, -0.05) is 33.1 Å². The Labute approximate surface area is 164 Å². The Balaban J connectivity index is 2.25. The molecule has 1 aromatic rings. The van der Waals surface area contributed by atoms with Gasteiger partial charge in [-0.3, -0.25) is 4.79 Å². The second-order valence-corrected chi connectivity index (χ2v) is 9.39. The summed E-state index contributed by atoms with van der Waals surface area (Å²) in [5, 5.41) is 0. The maximum absolute atomic E-state index is 13.1. The molecule has 0 saturated carbocycles.